The second kappa shape index (κ2) is 14.8. The fourth-order valence-electron chi connectivity index (χ4n) is 4.28. The van der Waals surface area contributed by atoms with E-state index >= 15 is 0 Å². The third-order valence-electron chi connectivity index (χ3n) is 6.20. The molecule has 4 N–H and O–H groups in total. The molecular weight excluding hydrogens is 506 g/mol. The van der Waals surface area contributed by atoms with Crippen LogP contribution in [0.15, 0.2) is 0 Å². The quantitative estimate of drug-likeness (QED) is 0.117. The standard InChI is InChI=1S/C23H35N5O8S/c29-17(5-2-1-4-16-22-15(14-37-16)26-23(34)27-22)24-10-12-35-13-11-25-18(30)6-3-7-21(33)36-28-19(31)8-9-20(28)32/h15-16,22H,1-14H2,(H,24,29)(H,25,30)(H2,26,27,34)/t15-,16?,22-/m1/s1. The van der Waals surface area contributed by atoms with Crippen LogP contribution in [0, 0.1) is 0 Å². The van der Waals surface area contributed by atoms with Gasteiger partial charge in [0.1, 0.15) is 0 Å². The van der Waals surface area contributed by atoms with E-state index in [9.17, 15) is 28.8 Å². The summed E-state index contributed by atoms with van der Waals surface area (Å²) in [6.07, 6.45) is 3.44. The number of hydrogen-bond acceptors (Lipinski definition) is 9. The summed E-state index contributed by atoms with van der Waals surface area (Å²) in [5.41, 5.74) is 0. The Morgan fingerprint density at radius 3 is 2.22 bits per heavy atom. The first-order valence-electron chi connectivity index (χ1n) is 12.7. The maximum absolute atomic E-state index is 12.0. The maximum Gasteiger partial charge on any atom is 0.333 e. The number of imide groups is 1. The Morgan fingerprint density at radius 1 is 0.892 bits per heavy atom. The van der Waals surface area contributed by atoms with Crippen LogP contribution < -0.4 is 21.3 Å². The largest absolute Gasteiger partial charge is 0.378 e. The molecule has 14 heteroatoms. The molecule has 206 valence electrons. The lowest BCUT2D eigenvalue weighted by Crippen LogP contribution is -2.36. The average molecular weight is 542 g/mol. The second-order valence-corrected chi connectivity index (χ2v) is 10.4. The van der Waals surface area contributed by atoms with Gasteiger partial charge in [-0.25, -0.2) is 9.59 Å². The molecule has 3 aliphatic heterocycles. The predicted molar refractivity (Wildman–Crippen MR) is 132 cm³/mol. The maximum atomic E-state index is 12.0. The predicted octanol–water partition coefficient (Wildman–Crippen LogP) is -0.261. The van der Waals surface area contributed by atoms with Crippen molar-refractivity contribution in [2.45, 2.75) is 75.1 Å². The van der Waals surface area contributed by atoms with Crippen molar-refractivity contribution >= 4 is 47.4 Å². The number of amides is 6. The van der Waals surface area contributed by atoms with Crippen LogP contribution in [-0.4, -0.2) is 90.1 Å². The van der Waals surface area contributed by atoms with Crippen molar-refractivity contribution in [3.05, 3.63) is 0 Å². The Labute approximate surface area is 219 Å². The van der Waals surface area contributed by atoms with Gasteiger partial charge in [-0.1, -0.05) is 6.42 Å². The third-order valence-corrected chi connectivity index (χ3v) is 7.71. The summed E-state index contributed by atoms with van der Waals surface area (Å²) in [6, 6.07) is 0.326. The number of carbonyl (C=O) groups excluding carboxylic acids is 6. The van der Waals surface area contributed by atoms with Gasteiger partial charge in [0.05, 0.1) is 25.3 Å². The van der Waals surface area contributed by atoms with E-state index in [1.165, 1.54) is 0 Å². The Bertz CT molecular complexity index is 856. The van der Waals surface area contributed by atoms with Crippen molar-refractivity contribution in [2.24, 2.45) is 0 Å². The van der Waals surface area contributed by atoms with Crippen molar-refractivity contribution in [1.82, 2.24) is 26.3 Å². The monoisotopic (exact) mass is 541 g/mol. The van der Waals surface area contributed by atoms with E-state index in [-0.39, 0.29) is 68.6 Å². The van der Waals surface area contributed by atoms with Gasteiger partial charge >= 0.3 is 12.0 Å². The number of carbonyl (C=O) groups is 6. The first-order valence-corrected chi connectivity index (χ1v) is 13.7. The molecule has 3 heterocycles. The van der Waals surface area contributed by atoms with E-state index in [4.69, 9.17) is 9.57 Å². The lowest BCUT2D eigenvalue weighted by atomic mass is 10.0. The van der Waals surface area contributed by atoms with Crippen LogP contribution in [-0.2, 0) is 33.5 Å². The third kappa shape index (κ3) is 9.50. The Morgan fingerprint density at radius 2 is 1.54 bits per heavy atom. The zero-order valence-corrected chi connectivity index (χ0v) is 21.6. The molecule has 0 spiro atoms. The lowest BCUT2D eigenvalue weighted by Gasteiger charge is -2.16. The van der Waals surface area contributed by atoms with Crippen LogP contribution >= 0.6 is 11.8 Å². The van der Waals surface area contributed by atoms with Gasteiger partial charge in [0.2, 0.25) is 11.8 Å². The number of nitrogens with zero attached hydrogens (tertiary/aromatic N) is 1. The van der Waals surface area contributed by atoms with Gasteiger partial charge in [-0.3, -0.25) is 19.2 Å². The van der Waals surface area contributed by atoms with Crippen LogP contribution in [0.3, 0.4) is 0 Å². The number of nitrogens with one attached hydrogen (secondary N) is 4. The molecule has 13 nitrogen and oxygen atoms in total. The molecule has 37 heavy (non-hydrogen) atoms. The number of hydroxylamine groups is 2. The van der Waals surface area contributed by atoms with E-state index in [0.717, 1.165) is 25.0 Å². The highest BCUT2D eigenvalue weighted by Gasteiger charge is 2.42. The van der Waals surface area contributed by atoms with Crippen molar-refractivity contribution in [1.29, 1.82) is 0 Å². The lowest BCUT2D eigenvalue weighted by molar-refractivity contribution is -0.197. The van der Waals surface area contributed by atoms with E-state index in [2.05, 4.69) is 21.3 Å². The second-order valence-electron chi connectivity index (χ2n) is 9.08. The number of fused-ring (bicyclic) bond motifs is 1. The summed E-state index contributed by atoms with van der Waals surface area (Å²) in [5, 5.41) is 12.3. The topological polar surface area (TPSA) is 172 Å². The molecule has 0 radical (unpaired) electrons. The highest BCUT2D eigenvalue weighted by Crippen LogP contribution is 2.33. The molecule has 0 aliphatic carbocycles. The van der Waals surface area contributed by atoms with Gasteiger partial charge in [0.15, 0.2) is 0 Å². The van der Waals surface area contributed by atoms with Crippen molar-refractivity contribution in [3.8, 4) is 0 Å². The highest BCUT2D eigenvalue weighted by molar-refractivity contribution is 8.00. The first kappa shape index (κ1) is 28.7. The van der Waals surface area contributed by atoms with Crippen LogP contribution in [0.1, 0.15) is 57.8 Å². The molecule has 3 atom stereocenters. The fourth-order valence-corrected chi connectivity index (χ4v) is 5.82. The number of rotatable bonds is 16. The minimum atomic E-state index is -0.732. The molecule has 0 saturated carbocycles. The Kier molecular flexibility index (Phi) is 11.5. The van der Waals surface area contributed by atoms with Crippen LogP contribution in [0.5, 0.6) is 0 Å². The van der Waals surface area contributed by atoms with Gasteiger partial charge in [-0.15, -0.1) is 5.06 Å². The summed E-state index contributed by atoms with van der Waals surface area (Å²) in [7, 11) is 0. The molecular formula is C23H35N5O8S. The zero-order valence-electron chi connectivity index (χ0n) is 20.8. The van der Waals surface area contributed by atoms with Crippen molar-refractivity contribution in [2.75, 3.05) is 32.1 Å². The summed E-state index contributed by atoms with van der Waals surface area (Å²) in [4.78, 5) is 74.4. The molecule has 1 unspecified atom stereocenters. The number of unbranched alkanes of at least 4 members (excludes halogenated alkanes) is 1. The van der Waals surface area contributed by atoms with Gasteiger partial charge in [-0.05, 0) is 19.3 Å². The molecule has 0 bridgehead atoms. The van der Waals surface area contributed by atoms with Crippen molar-refractivity contribution in [3.63, 3.8) is 0 Å². The van der Waals surface area contributed by atoms with E-state index < -0.39 is 17.8 Å². The van der Waals surface area contributed by atoms with Crippen LogP contribution in [0.2, 0.25) is 0 Å². The molecule has 6 amide bonds. The number of urea groups is 1. The number of thioether (sulfide) groups is 1. The van der Waals surface area contributed by atoms with E-state index in [1.54, 1.807) is 0 Å². The van der Waals surface area contributed by atoms with Gasteiger partial charge in [0, 0.05) is 56.2 Å². The zero-order chi connectivity index (χ0) is 26.6. The molecule has 3 aliphatic rings. The minimum absolute atomic E-state index is 0.0262. The molecule has 3 saturated heterocycles. The smallest absolute Gasteiger partial charge is 0.333 e. The molecule has 0 aromatic heterocycles. The van der Waals surface area contributed by atoms with Gasteiger partial charge in [0.25, 0.3) is 11.8 Å². The van der Waals surface area contributed by atoms with Crippen LogP contribution in [0.4, 0.5) is 4.79 Å². The first-order chi connectivity index (χ1) is 17.8. The Hall–Kier alpha value is -2.87. The SMILES string of the molecule is O=C(CCCCC1SC[C@H]2NC(=O)N[C@@H]12)NCCOCCNC(=O)CCCC(=O)ON1C(=O)CCC1=O. The molecule has 0 aromatic rings. The summed E-state index contributed by atoms with van der Waals surface area (Å²) < 4.78 is 5.40. The summed E-state index contributed by atoms with van der Waals surface area (Å²) >= 11 is 1.87. The summed E-state index contributed by atoms with van der Waals surface area (Å²) in [5.74, 6) is -1.16. The Balaban J connectivity index is 1.09. The summed E-state index contributed by atoms with van der Waals surface area (Å²) in [6.45, 7) is 1.30. The average Bonchev–Trinajstić information content (AvgIpc) is 3.51. The fraction of sp³-hybridized carbons (Fsp3) is 0.739. The van der Waals surface area contributed by atoms with E-state index in [1.807, 2.05) is 11.8 Å². The van der Waals surface area contributed by atoms with Crippen molar-refractivity contribution < 1.29 is 38.3 Å². The number of hydrogen-bond donors (Lipinski definition) is 4. The molecule has 3 rings (SSSR count). The number of ether oxygens (including phenoxy) is 1. The van der Waals surface area contributed by atoms with E-state index in [0.29, 0.717) is 36.4 Å². The minimum Gasteiger partial charge on any atom is -0.378 e. The van der Waals surface area contributed by atoms with Gasteiger partial charge in [-0.2, -0.15) is 11.8 Å². The van der Waals surface area contributed by atoms with Gasteiger partial charge < -0.3 is 30.8 Å². The molecule has 0 aromatic carbocycles. The normalized spacial score (nSPS) is 22.4. The highest BCUT2D eigenvalue weighted by atomic mass is 32.2. The van der Waals surface area contributed by atoms with Crippen LogP contribution in [0.25, 0.3) is 0 Å². The molecule has 3 fully saturated rings.